The second kappa shape index (κ2) is 9.82. The number of carbonyl (C=O) groups is 2. The average Bonchev–Trinajstić information content (AvgIpc) is 2.91. The summed E-state index contributed by atoms with van der Waals surface area (Å²) in [5.41, 5.74) is 0.901. The largest absolute Gasteiger partial charge is 0.351 e. The molecule has 0 aliphatic carbocycles. The summed E-state index contributed by atoms with van der Waals surface area (Å²) in [4.78, 5) is 38.3. The van der Waals surface area contributed by atoms with Crippen molar-refractivity contribution in [3.05, 3.63) is 64.1 Å². The maximum atomic E-state index is 12.4. The van der Waals surface area contributed by atoms with Crippen LogP contribution in [0.5, 0.6) is 0 Å². The van der Waals surface area contributed by atoms with Gasteiger partial charge in [-0.1, -0.05) is 36.8 Å². The van der Waals surface area contributed by atoms with Gasteiger partial charge in [0.15, 0.2) is 0 Å². The SMILES string of the molecule is O=C(NCCCN1CCCCCC1=O)c1ccc(=O)n(Cc2ccccc2)n1. The van der Waals surface area contributed by atoms with Gasteiger partial charge < -0.3 is 10.2 Å². The van der Waals surface area contributed by atoms with Crippen LogP contribution in [0.2, 0.25) is 0 Å². The van der Waals surface area contributed by atoms with E-state index in [4.69, 9.17) is 0 Å². The molecule has 1 aliphatic heterocycles. The van der Waals surface area contributed by atoms with Crippen molar-refractivity contribution >= 4 is 11.8 Å². The first-order chi connectivity index (χ1) is 13.6. The first-order valence-corrected chi connectivity index (χ1v) is 9.81. The Morgan fingerprint density at radius 3 is 2.68 bits per heavy atom. The van der Waals surface area contributed by atoms with Gasteiger partial charge >= 0.3 is 0 Å². The summed E-state index contributed by atoms with van der Waals surface area (Å²) >= 11 is 0. The summed E-state index contributed by atoms with van der Waals surface area (Å²) < 4.78 is 1.29. The molecule has 7 heteroatoms. The van der Waals surface area contributed by atoms with Gasteiger partial charge in [-0.05, 0) is 30.9 Å². The summed E-state index contributed by atoms with van der Waals surface area (Å²) in [7, 11) is 0. The van der Waals surface area contributed by atoms with E-state index < -0.39 is 0 Å². The highest BCUT2D eigenvalue weighted by molar-refractivity contribution is 5.91. The van der Waals surface area contributed by atoms with Gasteiger partial charge in [-0.15, -0.1) is 0 Å². The second-order valence-corrected chi connectivity index (χ2v) is 7.00. The summed E-state index contributed by atoms with van der Waals surface area (Å²) in [5, 5.41) is 7.01. The van der Waals surface area contributed by atoms with Crippen molar-refractivity contribution in [1.82, 2.24) is 20.0 Å². The maximum Gasteiger partial charge on any atom is 0.271 e. The lowest BCUT2D eigenvalue weighted by Gasteiger charge is -2.20. The standard InChI is InChI=1S/C21H26N4O3/c26-19-10-5-2-6-14-24(19)15-7-13-22-21(28)18-11-12-20(27)25(23-18)16-17-8-3-1-4-9-17/h1,3-4,8-9,11-12H,2,5-7,10,13-16H2,(H,22,28). The topological polar surface area (TPSA) is 84.3 Å². The van der Waals surface area contributed by atoms with Gasteiger partial charge in [0.25, 0.3) is 11.5 Å². The number of rotatable bonds is 7. The lowest BCUT2D eigenvalue weighted by atomic mass is 10.2. The summed E-state index contributed by atoms with van der Waals surface area (Å²) in [6, 6.07) is 12.3. The van der Waals surface area contributed by atoms with Crippen LogP contribution >= 0.6 is 0 Å². The second-order valence-electron chi connectivity index (χ2n) is 7.00. The number of hydrogen-bond acceptors (Lipinski definition) is 4. The van der Waals surface area contributed by atoms with Crippen LogP contribution in [0.4, 0.5) is 0 Å². The molecule has 0 unspecified atom stereocenters. The van der Waals surface area contributed by atoms with Crippen LogP contribution in [0.25, 0.3) is 0 Å². The monoisotopic (exact) mass is 382 g/mol. The van der Waals surface area contributed by atoms with Gasteiger partial charge in [0.2, 0.25) is 5.91 Å². The highest BCUT2D eigenvalue weighted by Crippen LogP contribution is 2.11. The molecule has 1 aromatic carbocycles. The third-order valence-corrected chi connectivity index (χ3v) is 4.84. The smallest absolute Gasteiger partial charge is 0.271 e. The van der Waals surface area contributed by atoms with Crippen molar-refractivity contribution in [2.45, 2.75) is 38.6 Å². The van der Waals surface area contributed by atoms with Gasteiger partial charge in [-0.3, -0.25) is 14.4 Å². The fraction of sp³-hybridized carbons (Fsp3) is 0.429. The lowest BCUT2D eigenvalue weighted by Crippen LogP contribution is -2.34. The number of aromatic nitrogens is 2. The minimum Gasteiger partial charge on any atom is -0.351 e. The number of nitrogens with one attached hydrogen (secondary N) is 1. The van der Waals surface area contributed by atoms with Crippen molar-refractivity contribution in [3.63, 3.8) is 0 Å². The molecule has 1 aromatic heterocycles. The maximum absolute atomic E-state index is 12.4. The van der Waals surface area contributed by atoms with Crippen LogP contribution < -0.4 is 10.9 Å². The number of likely N-dealkylation sites (tertiary alicyclic amines) is 1. The predicted molar refractivity (Wildman–Crippen MR) is 106 cm³/mol. The number of amides is 2. The van der Waals surface area contributed by atoms with Crippen molar-refractivity contribution in [2.75, 3.05) is 19.6 Å². The van der Waals surface area contributed by atoms with Crippen LogP contribution in [-0.4, -0.2) is 46.1 Å². The Morgan fingerprint density at radius 1 is 1.04 bits per heavy atom. The number of hydrogen-bond donors (Lipinski definition) is 1. The number of benzene rings is 1. The molecule has 0 spiro atoms. The molecule has 1 fully saturated rings. The van der Waals surface area contributed by atoms with E-state index in [1.165, 1.54) is 16.8 Å². The van der Waals surface area contributed by atoms with E-state index in [-0.39, 0.29) is 23.1 Å². The first kappa shape index (κ1) is 19.8. The zero-order chi connectivity index (χ0) is 19.8. The molecular formula is C21H26N4O3. The Balaban J connectivity index is 1.52. The molecule has 2 amide bonds. The molecule has 1 aliphatic rings. The lowest BCUT2D eigenvalue weighted by molar-refractivity contribution is -0.130. The van der Waals surface area contributed by atoms with Crippen LogP contribution in [0.15, 0.2) is 47.3 Å². The molecule has 1 N–H and O–H groups in total. The molecule has 28 heavy (non-hydrogen) atoms. The third kappa shape index (κ3) is 5.52. The fourth-order valence-electron chi connectivity index (χ4n) is 3.28. The van der Waals surface area contributed by atoms with Crippen LogP contribution in [-0.2, 0) is 11.3 Å². The van der Waals surface area contributed by atoms with Crippen LogP contribution in [0, 0.1) is 0 Å². The van der Waals surface area contributed by atoms with E-state index in [1.54, 1.807) is 0 Å². The van der Waals surface area contributed by atoms with E-state index >= 15 is 0 Å². The van der Waals surface area contributed by atoms with Crippen molar-refractivity contribution < 1.29 is 9.59 Å². The fourth-order valence-corrected chi connectivity index (χ4v) is 3.28. The molecular weight excluding hydrogens is 356 g/mol. The van der Waals surface area contributed by atoms with Gasteiger partial charge in [-0.2, -0.15) is 5.10 Å². The van der Waals surface area contributed by atoms with Crippen molar-refractivity contribution in [3.8, 4) is 0 Å². The number of nitrogens with zero attached hydrogens (tertiary/aromatic N) is 3. The molecule has 0 atom stereocenters. The first-order valence-electron chi connectivity index (χ1n) is 9.81. The van der Waals surface area contributed by atoms with Gasteiger partial charge in [-0.25, -0.2) is 4.68 Å². The highest BCUT2D eigenvalue weighted by atomic mass is 16.2. The zero-order valence-electron chi connectivity index (χ0n) is 16.0. The van der Waals surface area contributed by atoms with E-state index in [0.717, 1.165) is 31.4 Å². The molecule has 148 valence electrons. The molecule has 2 heterocycles. The summed E-state index contributed by atoms with van der Waals surface area (Å²) in [5.74, 6) is -0.109. The Hall–Kier alpha value is -2.96. The molecule has 7 nitrogen and oxygen atoms in total. The Bertz CT molecular complexity index is 863. The molecule has 2 aromatic rings. The van der Waals surface area contributed by atoms with Gasteiger partial charge in [0, 0.05) is 32.1 Å². The van der Waals surface area contributed by atoms with Crippen LogP contribution in [0.1, 0.15) is 48.2 Å². The van der Waals surface area contributed by atoms with E-state index in [0.29, 0.717) is 32.5 Å². The summed E-state index contributed by atoms with van der Waals surface area (Å²) in [6.07, 6.45) is 4.44. The quantitative estimate of drug-likeness (QED) is 0.740. The molecule has 0 saturated carbocycles. The third-order valence-electron chi connectivity index (χ3n) is 4.84. The summed E-state index contributed by atoms with van der Waals surface area (Å²) in [6.45, 7) is 2.23. The highest BCUT2D eigenvalue weighted by Gasteiger charge is 2.16. The number of carbonyl (C=O) groups excluding carboxylic acids is 2. The van der Waals surface area contributed by atoms with E-state index in [9.17, 15) is 14.4 Å². The van der Waals surface area contributed by atoms with Gasteiger partial charge in [0.1, 0.15) is 5.69 Å². The predicted octanol–water partition coefficient (Wildman–Crippen LogP) is 1.81. The van der Waals surface area contributed by atoms with Crippen molar-refractivity contribution in [2.24, 2.45) is 0 Å². The minimum atomic E-state index is -0.316. The average molecular weight is 382 g/mol. The van der Waals surface area contributed by atoms with Crippen LogP contribution in [0.3, 0.4) is 0 Å². The Labute approximate surface area is 164 Å². The normalized spacial score (nSPS) is 14.6. The molecule has 0 radical (unpaired) electrons. The van der Waals surface area contributed by atoms with Crippen molar-refractivity contribution in [1.29, 1.82) is 0 Å². The Morgan fingerprint density at radius 2 is 1.86 bits per heavy atom. The zero-order valence-corrected chi connectivity index (χ0v) is 16.0. The molecule has 1 saturated heterocycles. The minimum absolute atomic E-state index is 0.207. The molecule has 3 rings (SSSR count). The van der Waals surface area contributed by atoms with E-state index in [2.05, 4.69) is 10.4 Å². The molecule has 0 bridgehead atoms. The Kier molecular flexibility index (Phi) is 6.94. The van der Waals surface area contributed by atoms with E-state index in [1.807, 2.05) is 35.2 Å². The van der Waals surface area contributed by atoms with Gasteiger partial charge in [0.05, 0.1) is 6.54 Å².